The smallest absolute Gasteiger partial charge is 0.316 e. The number of rotatable bonds is 2. The van der Waals surface area contributed by atoms with E-state index >= 15 is 0 Å². The number of hydrogen-bond donors (Lipinski definition) is 0. The molecule has 0 spiro atoms. The first kappa shape index (κ1) is 9.45. The van der Waals surface area contributed by atoms with E-state index in [0.29, 0.717) is 11.3 Å². The third-order valence-corrected chi connectivity index (χ3v) is 2.11. The van der Waals surface area contributed by atoms with Gasteiger partial charge in [0.05, 0.1) is 12.7 Å². The number of nitrogens with zero attached hydrogens (tertiary/aromatic N) is 2. The highest BCUT2D eigenvalue weighted by Crippen LogP contribution is 1.99. The second-order valence-corrected chi connectivity index (χ2v) is 3.24. The first-order valence-electron chi connectivity index (χ1n) is 4.59. The van der Waals surface area contributed by atoms with Crippen LogP contribution < -0.4 is 10.3 Å². The minimum atomic E-state index is -0.295. The average molecular weight is 202 g/mol. The van der Waals surface area contributed by atoms with E-state index in [9.17, 15) is 10.0 Å². The van der Waals surface area contributed by atoms with Crippen LogP contribution in [-0.4, -0.2) is 4.57 Å². The molecule has 2 aromatic rings. The van der Waals surface area contributed by atoms with Gasteiger partial charge in [-0.05, 0) is 5.56 Å². The largest absolute Gasteiger partial charge is 0.619 e. The second kappa shape index (κ2) is 3.96. The summed E-state index contributed by atoms with van der Waals surface area (Å²) in [5.41, 5.74) is 0.736. The summed E-state index contributed by atoms with van der Waals surface area (Å²) in [5.74, 6) is 0. The molecule has 0 atom stereocenters. The van der Waals surface area contributed by atoms with Gasteiger partial charge in [-0.3, -0.25) is 9.36 Å². The Morgan fingerprint density at radius 1 is 1.27 bits per heavy atom. The maximum absolute atomic E-state index is 11.4. The zero-order chi connectivity index (χ0) is 10.7. The van der Waals surface area contributed by atoms with Gasteiger partial charge in [-0.15, -0.1) is 0 Å². The van der Waals surface area contributed by atoms with Crippen LogP contribution in [0.15, 0.2) is 53.7 Å². The minimum Gasteiger partial charge on any atom is -0.619 e. The molecule has 0 unspecified atom stereocenters. The molecular weight excluding hydrogens is 192 g/mol. The van der Waals surface area contributed by atoms with E-state index in [1.807, 2.05) is 30.3 Å². The Kier molecular flexibility index (Phi) is 2.49. The molecule has 1 heterocycles. The molecule has 0 bridgehead atoms. The number of hydrogen-bond acceptors (Lipinski definition) is 2. The highest BCUT2D eigenvalue weighted by atomic mass is 16.5. The molecule has 0 amide bonds. The fraction of sp³-hybridized carbons (Fsp3) is 0.0909. The standard InChI is InChI=1S/C11H10N2O2/c14-11-9-13(15)7-6-12(11)8-10-4-2-1-3-5-10/h1-7,9H,8H2. The lowest BCUT2D eigenvalue weighted by Crippen LogP contribution is -2.34. The highest BCUT2D eigenvalue weighted by Gasteiger charge is 2.00. The topological polar surface area (TPSA) is 48.9 Å². The number of aromatic nitrogens is 2. The molecule has 0 radical (unpaired) electrons. The monoisotopic (exact) mass is 202 g/mol. The molecule has 0 saturated heterocycles. The van der Waals surface area contributed by atoms with Crippen LogP contribution in [0.1, 0.15) is 5.56 Å². The molecule has 4 nitrogen and oxygen atoms in total. The van der Waals surface area contributed by atoms with E-state index in [2.05, 4.69) is 0 Å². The van der Waals surface area contributed by atoms with Crippen molar-refractivity contribution in [3.63, 3.8) is 0 Å². The normalized spacial score (nSPS) is 10.1. The second-order valence-electron chi connectivity index (χ2n) is 3.24. The van der Waals surface area contributed by atoms with Crippen LogP contribution in [0.5, 0.6) is 0 Å². The Morgan fingerprint density at radius 2 is 2.00 bits per heavy atom. The molecule has 0 aliphatic heterocycles. The van der Waals surface area contributed by atoms with E-state index in [0.717, 1.165) is 11.8 Å². The molecule has 0 fully saturated rings. The third kappa shape index (κ3) is 2.22. The fourth-order valence-corrected chi connectivity index (χ4v) is 1.36. The summed E-state index contributed by atoms with van der Waals surface area (Å²) in [7, 11) is 0. The summed E-state index contributed by atoms with van der Waals surface area (Å²) < 4.78 is 1.99. The van der Waals surface area contributed by atoms with Crippen LogP contribution in [0.4, 0.5) is 0 Å². The van der Waals surface area contributed by atoms with E-state index < -0.39 is 0 Å². The third-order valence-electron chi connectivity index (χ3n) is 2.11. The predicted octanol–water partition coefficient (Wildman–Crippen LogP) is 0.530. The van der Waals surface area contributed by atoms with Gasteiger partial charge in [0, 0.05) is 0 Å². The lowest BCUT2D eigenvalue weighted by atomic mass is 10.2. The van der Waals surface area contributed by atoms with E-state index in [4.69, 9.17) is 0 Å². The van der Waals surface area contributed by atoms with Crippen molar-refractivity contribution >= 4 is 0 Å². The summed E-state index contributed by atoms with van der Waals surface area (Å²) >= 11 is 0. The molecule has 1 aromatic carbocycles. The van der Waals surface area contributed by atoms with Gasteiger partial charge in [-0.25, -0.2) is 0 Å². The summed E-state index contributed by atoms with van der Waals surface area (Å²) in [6.45, 7) is 0.487. The van der Waals surface area contributed by atoms with Crippen molar-refractivity contribution in [1.82, 2.24) is 4.57 Å². The first-order chi connectivity index (χ1) is 7.25. The SMILES string of the molecule is O=c1c[n+]([O-])ccn1Cc1ccccc1. The maximum Gasteiger partial charge on any atom is 0.316 e. The van der Waals surface area contributed by atoms with Crippen molar-refractivity contribution in [1.29, 1.82) is 0 Å². The van der Waals surface area contributed by atoms with Crippen molar-refractivity contribution < 1.29 is 4.73 Å². The summed E-state index contributed by atoms with van der Waals surface area (Å²) in [5, 5.41) is 10.8. The van der Waals surface area contributed by atoms with Crippen molar-refractivity contribution in [3.8, 4) is 0 Å². The lowest BCUT2D eigenvalue weighted by molar-refractivity contribution is -0.607. The van der Waals surface area contributed by atoms with Crippen LogP contribution >= 0.6 is 0 Å². The van der Waals surface area contributed by atoms with Crippen LogP contribution in [0.3, 0.4) is 0 Å². The zero-order valence-corrected chi connectivity index (χ0v) is 8.04. The summed E-state index contributed by atoms with van der Waals surface area (Å²) in [6.07, 6.45) is 3.82. The van der Waals surface area contributed by atoms with Gasteiger partial charge in [0.25, 0.3) is 0 Å². The highest BCUT2D eigenvalue weighted by molar-refractivity contribution is 5.14. The molecule has 4 heteroatoms. The lowest BCUT2D eigenvalue weighted by Gasteiger charge is -2.04. The molecule has 1 aromatic heterocycles. The summed E-state index contributed by atoms with van der Waals surface area (Å²) in [6, 6.07) is 9.62. The van der Waals surface area contributed by atoms with Gasteiger partial charge in [0.2, 0.25) is 6.20 Å². The Balaban J connectivity index is 2.29. The van der Waals surface area contributed by atoms with Crippen molar-refractivity contribution in [2.45, 2.75) is 6.54 Å². The fourth-order valence-electron chi connectivity index (χ4n) is 1.36. The molecule has 2 rings (SSSR count). The van der Waals surface area contributed by atoms with Crippen LogP contribution in [0.2, 0.25) is 0 Å². The van der Waals surface area contributed by atoms with Crippen molar-refractivity contribution in [2.24, 2.45) is 0 Å². The quantitative estimate of drug-likeness (QED) is 0.527. The van der Waals surface area contributed by atoms with E-state index in [1.165, 1.54) is 17.0 Å². The van der Waals surface area contributed by atoms with Gasteiger partial charge in [-0.1, -0.05) is 30.3 Å². The van der Waals surface area contributed by atoms with Gasteiger partial charge in [0.15, 0.2) is 6.20 Å². The molecule has 0 N–H and O–H groups in total. The minimum absolute atomic E-state index is 0.295. The first-order valence-corrected chi connectivity index (χ1v) is 4.59. The molecule has 76 valence electrons. The average Bonchev–Trinajstić information content (AvgIpc) is 2.24. The zero-order valence-electron chi connectivity index (χ0n) is 8.04. The van der Waals surface area contributed by atoms with E-state index in [-0.39, 0.29) is 5.56 Å². The Hall–Kier alpha value is -2.10. The molecule has 0 saturated carbocycles. The van der Waals surface area contributed by atoms with Crippen LogP contribution in [0.25, 0.3) is 0 Å². The Bertz CT molecular complexity index is 505. The molecule has 0 aliphatic carbocycles. The summed E-state index contributed by atoms with van der Waals surface area (Å²) in [4.78, 5) is 11.4. The van der Waals surface area contributed by atoms with Crippen LogP contribution in [-0.2, 0) is 6.54 Å². The van der Waals surface area contributed by atoms with Gasteiger partial charge in [0.1, 0.15) is 0 Å². The van der Waals surface area contributed by atoms with Gasteiger partial charge in [-0.2, -0.15) is 4.73 Å². The number of benzene rings is 1. The Labute approximate surface area is 86.6 Å². The Morgan fingerprint density at radius 3 is 2.67 bits per heavy atom. The molecular formula is C11H10N2O2. The predicted molar refractivity (Wildman–Crippen MR) is 55.2 cm³/mol. The van der Waals surface area contributed by atoms with Gasteiger partial charge >= 0.3 is 5.56 Å². The van der Waals surface area contributed by atoms with E-state index in [1.54, 1.807) is 0 Å². The van der Waals surface area contributed by atoms with Gasteiger partial charge < -0.3 is 5.21 Å². The van der Waals surface area contributed by atoms with Crippen molar-refractivity contribution in [3.05, 3.63) is 70.0 Å². The van der Waals surface area contributed by atoms with Crippen molar-refractivity contribution in [2.75, 3.05) is 0 Å². The molecule has 15 heavy (non-hydrogen) atoms. The molecule has 0 aliphatic rings. The maximum atomic E-state index is 11.4. The van der Waals surface area contributed by atoms with Crippen LogP contribution in [0, 0.1) is 5.21 Å².